The van der Waals surface area contributed by atoms with Crippen molar-refractivity contribution in [2.45, 2.75) is 13.0 Å². The van der Waals surface area contributed by atoms with Gasteiger partial charge in [0, 0.05) is 29.2 Å². The van der Waals surface area contributed by atoms with Crippen molar-refractivity contribution >= 4 is 28.1 Å². The summed E-state index contributed by atoms with van der Waals surface area (Å²) in [5.74, 6) is 0. The van der Waals surface area contributed by atoms with Gasteiger partial charge in [-0.3, -0.25) is 0 Å². The highest BCUT2D eigenvalue weighted by Gasteiger charge is 2.04. The van der Waals surface area contributed by atoms with Crippen molar-refractivity contribution in [3.05, 3.63) is 71.9 Å². The second-order valence-electron chi connectivity index (χ2n) is 4.88. The Morgan fingerprint density at radius 3 is 2.60 bits per heavy atom. The Bertz CT molecular complexity index is 744. The Kier molecular flexibility index (Phi) is 3.52. The van der Waals surface area contributed by atoms with Crippen LogP contribution in [0.15, 0.2) is 60.8 Å². The maximum absolute atomic E-state index is 5.67. The molecule has 100 valence electrons. The van der Waals surface area contributed by atoms with Crippen LogP contribution in [0.4, 0.5) is 0 Å². The molecule has 2 nitrogen and oxygen atoms in total. The molecule has 0 unspecified atom stereocenters. The molecule has 20 heavy (non-hydrogen) atoms. The maximum Gasteiger partial charge on any atom is 0.104 e. The van der Waals surface area contributed by atoms with Crippen molar-refractivity contribution in [2.75, 3.05) is 0 Å². The minimum atomic E-state index is 0.448. The zero-order chi connectivity index (χ0) is 13.9. The Morgan fingerprint density at radius 1 is 1.05 bits per heavy atom. The number of aryl methyl sites for hydroxylation is 2. The van der Waals surface area contributed by atoms with Crippen LogP contribution in [0.25, 0.3) is 10.9 Å². The quantitative estimate of drug-likeness (QED) is 0.741. The van der Waals surface area contributed by atoms with E-state index in [1.54, 1.807) is 0 Å². The van der Waals surface area contributed by atoms with E-state index in [0.717, 1.165) is 18.5 Å². The molecule has 0 radical (unpaired) electrons. The van der Waals surface area contributed by atoms with E-state index in [9.17, 15) is 0 Å². The van der Waals surface area contributed by atoms with Crippen LogP contribution in [0.5, 0.6) is 0 Å². The Morgan fingerprint density at radius 2 is 1.85 bits per heavy atom. The van der Waals surface area contributed by atoms with E-state index in [-0.39, 0.29) is 0 Å². The molecule has 0 bridgehead atoms. The van der Waals surface area contributed by atoms with Crippen molar-refractivity contribution in [3.8, 4) is 0 Å². The number of nitrogens with two attached hydrogens (primary N) is 1. The monoisotopic (exact) mass is 280 g/mol. The number of fused-ring (bicyclic) bond motifs is 1. The summed E-state index contributed by atoms with van der Waals surface area (Å²) in [4.78, 5) is 0.448. The van der Waals surface area contributed by atoms with E-state index in [1.165, 1.54) is 16.5 Å². The normalized spacial score (nSPS) is 10.8. The molecular weight excluding hydrogens is 264 g/mol. The third kappa shape index (κ3) is 2.58. The highest BCUT2D eigenvalue weighted by molar-refractivity contribution is 7.80. The molecule has 0 aliphatic rings. The first kappa shape index (κ1) is 12.9. The molecule has 0 fully saturated rings. The number of rotatable bonds is 4. The van der Waals surface area contributed by atoms with Crippen LogP contribution >= 0.6 is 12.2 Å². The smallest absolute Gasteiger partial charge is 0.104 e. The van der Waals surface area contributed by atoms with Gasteiger partial charge < -0.3 is 10.3 Å². The minimum absolute atomic E-state index is 0.448. The van der Waals surface area contributed by atoms with Crippen LogP contribution in [-0.4, -0.2) is 9.56 Å². The Labute approximate surface area is 123 Å². The molecule has 3 aromatic rings. The summed E-state index contributed by atoms with van der Waals surface area (Å²) < 4.78 is 2.27. The predicted octanol–water partition coefficient (Wildman–Crippen LogP) is 3.52. The third-order valence-corrected chi connectivity index (χ3v) is 3.78. The molecule has 0 aliphatic carbocycles. The van der Waals surface area contributed by atoms with E-state index in [2.05, 4.69) is 53.2 Å². The van der Waals surface area contributed by atoms with Gasteiger partial charge in [-0.15, -0.1) is 0 Å². The fourth-order valence-electron chi connectivity index (χ4n) is 2.44. The molecule has 1 aromatic heterocycles. The van der Waals surface area contributed by atoms with Gasteiger partial charge in [-0.05, 0) is 36.2 Å². The predicted molar refractivity (Wildman–Crippen MR) is 88.0 cm³/mol. The van der Waals surface area contributed by atoms with Gasteiger partial charge in [-0.25, -0.2) is 0 Å². The standard InChI is InChI=1S/C17H16N2S/c18-17(20)15-6-7-16-14(12-15)9-11-19(16)10-8-13-4-2-1-3-5-13/h1-7,9,11-12H,8,10H2,(H2,18,20). The number of benzene rings is 2. The fraction of sp³-hybridized carbons (Fsp3) is 0.118. The molecule has 3 rings (SSSR count). The number of hydrogen-bond donors (Lipinski definition) is 1. The average molecular weight is 280 g/mol. The lowest BCUT2D eigenvalue weighted by Gasteiger charge is -2.06. The highest BCUT2D eigenvalue weighted by atomic mass is 32.1. The van der Waals surface area contributed by atoms with Gasteiger partial charge in [0.25, 0.3) is 0 Å². The molecule has 3 heteroatoms. The minimum Gasteiger partial charge on any atom is -0.389 e. The summed E-state index contributed by atoms with van der Waals surface area (Å²) in [5, 5.41) is 1.18. The van der Waals surface area contributed by atoms with E-state index < -0.39 is 0 Å². The first-order chi connectivity index (χ1) is 9.74. The van der Waals surface area contributed by atoms with Gasteiger partial charge in [-0.2, -0.15) is 0 Å². The van der Waals surface area contributed by atoms with Crippen LogP contribution in [-0.2, 0) is 13.0 Å². The van der Waals surface area contributed by atoms with Gasteiger partial charge in [0.15, 0.2) is 0 Å². The lowest BCUT2D eigenvalue weighted by Crippen LogP contribution is -2.08. The molecule has 0 atom stereocenters. The van der Waals surface area contributed by atoms with E-state index in [4.69, 9.17) is 18.0 Å². The lowest BCUT2D eigenvalue weighted by molar-refractivity contribution is 0.723. The van der Waals surface area contributed by atoms with Crippen LogP contribution < -0.4 is 5.73 Å². The zero-order valence-corrected chi connectivity index (χ0v) is 11.9. The van der Waals surface area contributed by atoms with Crippen molar-refractivity contribution in [3.63, 3.8) is 0 Å². The van der Waals surface area contributed by atoms with Crippen LogP contribution in [0.1, 0.15) is 11.1 Å². The maximum atomic E-state index is 5.67. The third-order valence-electron chi connectivity index (χ3n) is 3.54. The summed E-state index contributed by atoms with van der Waals surface area (Å²) >= 11 is 5.02. The zero-order valence-electron chi connectivity index (χ0n) is 11.1. The summed E-state index contributed by atoms with van der Waals surface area (Å²) in [6.45, 7) is 0.972. The molecule has 0 saturated heterocycles. The van der Waals surface area contributed by atoms with Crippen LogP contribution in [0, 0.1) is 0 Å². The Hall–Kier alpha value is -2.13. The van der Waals surface area contributed by atoms with Gasteiger partial charge in [0.05, 0.1) is 0 Å². The van der Waals surface area contributed by atoms with E-state index in [0.29, 0.717) is 4.99 Å². The summed E-state index contributed by atoms with van der Waals surface area (Å²) in [7, 11) is 0. The van der Waals surface area contributed by atoms with Crippen molar-refractivity contribution in [1.82, 2.24) is 4.57 Å². The average Bonchev–Trinajstić information content (AvgIpc) is 2.88. The van der Waals surface area contributed by atoms with Gasteiger partial charge in [-0.1, -0.05) is 42.5 Å². The second-order valence-corrected chi connectivity index (χ2v) is 5.32. The van der Waals surface area contributed by atoms with Gasteiger partial charge in [0.2, 0.25) is 0 Å². The number of nitrogens with zero attached hydrogens (tertiary/aromatic N) is 1. The number of aromatic nitrogens is 1. The molecule has 2 aromatic carbocycles. The molecule has 0 amide bonds. The summed E-state index contributed by atoms with van der Waals surface area (Å²) in [6.07, 6.45) is 3.15. The highest BCUT2D eigenvalue weighted by Crippen LogP contribution is 2.18. The second kappa shape index (κ2) is 5.47. The summed E-state index contributed by atoms with van der Waals surface area (Å²) in [5.41, 5.74) is 9.17. The van der Waals surface area contributed by atoms with Crippen LogP contribution in [0.2, 0.25) is 0 Å². The largest absolute Gasteiger partial charge is 0.389 e. The first-order valence-corrected chi connectivity index (χ1v) is 7.07. The van der Waals surface area contributed by atoms with Gasteiger partial charge in [0.1, 0.15) is 4.99 Å². The van der Waals surface area contributed by atoms with Crippen molar-refractivity contribution in [2.24, 2.45) is 5.73 Å². The number of hydrogen-bond acceptors (Lipinski definition) is 1. The Balaban J connectivity index is 1.84. The molecule has 0 aliphatic heterocycles. The molecule has 2 N–H and O–H groups in total. The molecular formula is C17H16N2S. The SMILES string of the molecule is NC(=S)c1ccc2c(ccn2CCc2ccccc2)c1. The van der Waals surface area contributed by atoms with E-state index >= 15 is 0 Å². The van der Waals surface area contributed by atoms with E-state index in [1.807, 2.05) is 12.1 Å². The molecule has 0 spiro atoms. The summed E-state index contributed by atoms with van der Waals surface area (Å²) in [6, 6.07) is 18.8. The molecule has 1 heterocycles. The first-order valence-electron chi connectivity index (χ1n) is 6.67. The lowest BCUT2D eigenvalue weighted by atomic mass is 10.1. The van der Waals surface area contributed by atoms with Crippen LogP contribution in [0.3, 0.4) is 0 Å². The van der Waals surface area contributed by atoms with Crippen molar-refractivity contribution in [1.29, 1.82) is 0 Å². The van der Waals surface area contributed by atoms with Gasteiger partial charge >= 0.3 is 0 Å². The number of thiocarbonyl (C=S) groups is 1. The molecule has 0 saturated carbocycles. The fourth-order valence-corrected chi connectivity index (χ4v) is 2.57. The topological polar surface area (TPSA) is 30.9 Å². The van der Waals surface area contributed by atoms with Crippen molar-refractivity contribution < 1.29 is 0 Å².